The molecule has 1 aromatic heterocycles. The molecule has 13 heavy (non-hydrogen) atoms. The standard InChI is InChI=1S/C7H12N4O2/c1-8-6(7(12)13)2-3-11-5-9-4-10-11/h4-6,8H,2-3H2,1H3,(H,12,13). The van der Waals surface area contributed by atoms with E-state index in [0.29, 0.717) is 13.0 Å². The fourth-order valence-electron chi connectivity index (χ4n) is 1.00. The van der Waals surface area contributed by atoms with Crippen molar-refractivity contribution in [3.05, 3.63) is 12.7 Å². The predicted octanol–water partition coefficient (Wildman–Crippen LogP) is -0.659. The Balaban J connectivity index is 2.36. The molecular weight excluding hydrogens is 172 g/mol. The minimum atomic E-state index is -0.845. The SMILES string of the molecule is CNC(CCn1cncn1)C(=O)O. The van der Waals surface area contributed by atoms with E-state index in [1.807, 2.05) is 0 Å². The lowest BCUT2D eigenvalue weighted by Crippen LogP contribution is -2.34. The number of aliphatic carboxylic acids is 1. The van der Waals surface area contributed by atoms with E-state index in [1.54, 1.807) is 18.1 Å². The minimum Gasteiger partial charge on any atom is -0.480 e. The maximum absolute atomic E-state index is 10.6. The first-order valence-electron chi connectivity index (χ1n) is 3.96. The molecule has 72 valence electrons. The fraction of sp³-hybridized carbons (Fsp3) is 0.571. The lowest BCUT2D eigenvalue weighted by atomic mass is 10.2. The Morgan fingerprint density at radius 1 is 1.77 bits per heavy atom. The molecule has 1 heterocycles. The van der Waals surface area contributed by atoms with Gasteiger partial charge in [0.15, 0.2) is 0 Å². The average Bonchev–Trinajstić information content (AvgIpc) is 2.57. The first-order chi connectivity index (χ1) is 6.24. The summed E-state index contributed by atoms with van der Waals surface area (Å²) in [4.78, 5) is 14.3. The second-order valence-electron chi connectivity index (χ2n) is 2.63. The minimum absolute atomic E-state index is 0.495. The zero-order chi connectivity index (χ0) is 9.68. The molecule has 1 aromatic rings. The third-order valence-corrected chi connectivity index (χ3v) is 1.76. The monoisotopic (exact) mass is 184 g/mol. The molecule has 0 fully saturated rings. The number of hydrogen-bond acceptors (Lipinski definition) is 4. The molecule has 0 aliphatic carbocycles. The van der Waals surface area contributed by atoms with Gasteiger partial charge in [-0.2, -0.15) is 5.10 Å². The summed E-state index contributed by atoms with van der Waals surface area (Å²) in [6.45, 7) is 0.553. The van der Waals surface area contributed by atoms with Crippen LogP contribution in [0.5, 0.6) is 0 Å². The van der Waals surface area contributed by atoms with Gasteiger partial charge in [-0.3, -0.25) is 9.48 Å². The Labute approximate surface area is 75.6 Å². The Morgan fingerprint density at radius 3 is 3.00 bits per heavy atom. The molecule has 0 saturated carbocycles. The van der Waals surface area contributed by atoms with Crippen molar-refractivity contribution in [1.29, 1.82) is 0 Å². The van der Waals surface area contributed by atoms with Crippen molar-refractivity contribution in [2.75, 3.05) is 7.05 Å². The third-order valence-electron chi connectivity index (χ3n) is 1.76. The van der Waals surface area contributed by atoms with E-state index in [1.165, 1.54) is 6.33 Å². The zero-order valence-electron chi connectivity index (χ0n) is 7.34. The highest BCUT2D eigenvalue weighted by Gasteiger charge is 2.13. The van der Waals surface area contributed by atoms with Crippen LogP contribution in [0, 0.1) is 0 Å². The lowest BCUT2D eigenvalue weighted by Gasteiger charge is -2.09. The zero-order valence-corrected chi connectivity index (χ0v) is 7.34. The van der Waals surface area contributed by atoms with Gasteiger partial charge in [0.25, 0.3) is 0 Å². The highest BCUT2D eigenvalue weighted by Crippen LogP contribution is 1.94. The van der Waals surface area contributed by atoms with Gasteiger partial charge in [-0.05, 0) is 13.5 Å². The van der Waals surface area contributed by atoms with Gasteiger partial charge in [0.05, 0.1) is 0 Å². The number of hydrogen-bond donors (Lipinski definition) is 2. The van der Waals surface area contributed by atoms with Crippen molar-refractivity contribution in [2.24, 2.45) is 0 Å². The van der Waals surface area contributed by atoms with Gasteiger partial charge in [0, 0.05) is 6.54 Å². The number of rotatable bonds is 5. The molecule has 2 N–H and O–H groups in total. The van der Waals surface area contributed by atoms with Crippen LogP contribution in [-0.2, 0) is 11.3 Å². The Kier molecular flexibility index (Phi) is 3.39. The maximum Gasteiger partial charge on any atom is 0.320 e. The number of aryl methyl sites for hydroxylation is 1. The first-order valence-corrected chi connectivity index (χ1v) is 3.96. The number of nitrogens with zero attached hydrogens (tertiary/aromatic N) is 3. The van der Waals surface area contributed by atoms with Crippen molar-refractivity contribution in [2.45, 2.75) is 19.0 Å². The predicted molar refractivity (Wildman–Crippen MR) is 45.1 cm³/mol. The van der Waals surface area contributed by atoms with E-state index in [4.69, 9.17) is 5.11 Å². The summed E-state index contributed by atoms with van der Waals surface area (Å²) >= 11 is 0. The Morgan fingerprint density at radius 2 is 2.54 bits per heavy atom. The highest BCUT2D eigenvalue weighted by atomic mass is 16.4. The Hall–Kier alpha value is -1.43. The summed E-state index contributed by atoms with van der Waals surface area (Å²) in [5.74, 6) is -0.845. The van der Waals surface area contributed by atoms with Crippen LogP contribution in [0.3, 0.4) is 0 Å². The van der Waals surface area contributed by atoms with E-state index >= 15 is 0 Å². The topological polar surface area (TPSA) is 80.0 Å². The first kappa shape index (κ1) is 9.66. The van der Waals surface area contributed by atoms with Gasteiger partial charge in [-0.25, -0.2) is 4.98 Å². The van der Waals surface area contributed by atoms with Crippen LogP contribution in [0.15, 0.2) is 12.7 Å². The van der Waals surface area contributed by atoms with Crippen molar-refractivity contribution >= 4 is 5.97 Å². The molecule has 6 nitrogen and oxygen atoms in total. The molecule has 0 aliphatic heterocycles. The molecule has 6 heteroatoms. The summed E-state index contributed by atoms with van der Waals surface area (Å²) in [5, 5.41) is 15.3. The average molecular weight is 184 g/mol. The molecule has 0 saturated heterocycles. The summed E-state index contributed by atoms with van der Waals surface area (Å²) in [6, 6.07) is -0.524. The Bertz CT molecular complexity index is 259. The van der Waals surface area contributed by atoms with Crippen LogP contribution >= 0.6 is 0 Å². The van der Waals surface area contributed by atoms with Crippen LogP contribution in [0.1, 0.15) is 6.42 Å². The summed E-state index contributed by atoms with van der Waals surface area (Å²) < 4.78 is 1.60. The van der Waals surface area contributed by atoms with Gasteiger partial charge >= 0.3 is 5.97 Å². The number of nitrogens with one attached hydrogen (secondary N) is 1. The van der Waals surface area contributed by atoms with Crippen LogP contribution in [0.4, 0.5) is 0 Å². The van der Waals surface area contributed by atoms with E-state index in [0.717, 1.165) is 0 Å². The van der Waals surface area contributed by atoms with Crippen molar-refractivity contribution in [3.63, 3.8) is 0 Å². The second-order valence-corrected chi connectivity index (χ2v) is 2.63. The molecule has 0 spiro atoms. The van der Waals surface area contributed by atoms with Gasteiger partial charge in [0.1, 0.15) is 18.7 Å². The van der Waals surface area contributed by atoms with Gasteiger partial charge in [-0.1, -0.05) is 0 Å². The van der Waals surface area contributed by atoms with Gasteiger partial charge < -0.3 is 10.4 Å². The van der Waals surface area contributed by atoms with Crippen LogP contribution in [0.25, 0.3) is 0 Å². The lowest BCUT2D eigenvalue weighted by molar-refractivity contribution is -0.139. The molecule has 0 bridgehead atoms. The summed E-state index contributed by atoms with van der Waals surface area (Å²) in [5.41, 5.74) is 0. The number of carboxylic acid groups (broad SMARTS) is 1. The maximum atomic E-state index is 10.6. The van der Waals surface area contributed by atoms with Crippen molar-refractivity contribution < 1.29 is 9.90 Å². The summed E-state index contributed by atoms with van der Waals surface area (Å²) in [7, 11) is 1.63. The smallest absolute Gasteiger partial charge is 0.320 e. The van der Waals surface area contributed by atoms with Crippen molar-refractivity contribution in [3.8, 4) is 0 Å². The molecule has 1 rings (SSSR count). The van der Waals surface area contributed by atoms with E-state index in [9.17, 15) is 4.79 Å². The molecule has 1 unspecified atom stereocenters. The fourth-order valence-corrected chi connectivity index (χ4v) is 1.00. The molecule has 0 radical (unpaired) electrons. The second kappa shape index (κ2) is 4.56. The van der Waals surface area contributed by atoms with Crippen LogP contribution < -0.4 is 5.32 Å². The van der Waals surface area contributed by atoms with Gasteiger partial charge in [0.2, 0.25) is 0 Å². The third kappa shape index (κ3) is 2.83. The van der Waals surface area contributed by atoms with Gasteiger partial charge in [-0.15, -0.1) is 0 Å². The molecular formula is C7H12N4O2. The summed E-state index contributed by atoms with van der Waals surface area (Å²) in [6.07, 6.45) is 3.49. The van der Waals surface area contributed by atoms with Crippen molar-refractivity contribution in [1.82, 2.24) is 20.1 Å². The van der Waals surface area contributed by atoms with E-state index in [-0.39, 0.29) is 0 Å². The molecule has 0 aromatic carbocycles. The normalized spacial score (nSPS) is 12.7. The number of carbonyl (C=O) groups is 1. The van der Waals surface area contributed by atoms with E-state index in [2.05, 4.69) is 15.4 Å². The van der Waals surface area contributed by atoms with E-state index < -0.39 is 12.0 Å². The highest BCUT2D eigenvalue weighted by molar-refractivity contribution is 5.73. The number of carboxylic acids is 1. The largest absolute Gasteiger partial charge is 0.480 e. The van der Waals surface area contributed by atoms with Crippen LogP contribution in [-0.4, -0.2) is 38.9 Å². The van der Waals surface area contributed by atoms with Crippen LogP contribution in [0.2, 0.25) is 0 Å². The molecule has 1 atom stereocenters. The molecule has 0 aliphatic rings. The number of aromatic nitrogens is 3. The molecule has 0 amide bonds. The number of likely N-dealkylation sites (N-methyl/N-ethyl adjacent to an activating group) is 1. The quantitative estimate of drug-likeness (QED) is 0.635.